The molecule has 0 aliphatic heterocycles. The summed E-state index contributed by atoms with van der Waals surface area (Å²) in [6.07, 6.45) is 3.78. The largest absolute Gasteiger partial charge is 0.481 e. The average molecular weight is 230 g/mol. The standard InChI is InChI=1S/C12H22O2S/c1-8(2)10-5-4-9(3)6-11(10)15-7-12(13)14/h8-11H,4-7H2,1-3H3,(H,13,14)/t9-,10+,11+/m1/s1. The zero-order chi connectivity index (χ0) is 11.4. The molecule has 88 valence electrons. The highest BCUT2D eigenvalue weighted by Gasteiger charge is 2.31. The highest BCUT2D eigenvalue weighted by Crippen LogP contribution is 2.39. The third-order valence-electron chi connectivity index (χ3n) is 3.38. The summed E-state index contributed by atoms with van der Waals surface area (Å²) in [6.45, 7) is 6.80. The van der Waals surface area contributed by atoms with Crippen molar-refractivity contribution in [3.05, 3.63) is 0 Å². The maximum Gasteiger partial charge on any atom is 0.313 e. The van der Waals surface area contributed by atoms with Gasteiger partial charge in [0.25, 0.3) is 0 Å². The maximum atomic E-state index is 10.6. The summed E-state index contributed by atoms with van der Waals surface area (Å²) < 4.78 is 0. The fraction of sp³-hybridized carbons (Fsp3) is 0.917. The Morgan fingerprint density at radius 1 is 1.47 bits per heavy atom. The van der Waals surface area contributed by atoms with E-state index in [0.29, 0.717) is 17.1 Å². The summed E-state index contributed by atoms with van der Waals surface area (Å²) in [4.78, 5) is 10.6. The number of aliphatic carboxylic acids is 1. The zero-order valence-corrected chi connectivity index (χ0v) is 10.7. The molecule has 0 radical (unpaired) electrons. The molecule has 1 saturated carbocycles. The van der Waals surface area contributed by atoms with Crippen LogP contribution >= 0.6 is 11.8 Å². The smallest absolute Gasteiger partial charge is 0.313 e. The van der Waals surface area contributed by atoms with Crippen LogP contribution in [0.25, 0.3) is 0 Å². The summed E-state index contributed by atoms with van der Waals surface area (Å²) in [7, 11) is 0. The first kappa shape index (κ1) is 12.9. The lowest BCUT2D eigenvalue weighted by molar-refractivity contribution is -0.133. The van der Waals surface area contributed by atoms with E-state index in [1.807, 2.05) is 0 Å². The second-order valence-electron chi connectivity index (χ2n) is 5.07. The van der Waals surface area contributed by atoms with Crippen LogP contribution in [0.5, 0.6) is 0 Å². The normalized spacial score (nSPS) is 31.9. The van der Waals surface area contributed by atoms with Gasteiger partial charge in [-0.1, -0.05) is 27.2 Å². The predicted octanol–water partition coefficient (Wildman–Crippen LogP) is 3.27. The summed E-state index contributed by atoms with van der Waals surface area (Å²) in [5.74, 6) is 1.75. The van der Waals surface area contributed by atoms with Crippen LogP contribution in [0.15, 0.2) is 0 Å². The molecule has 1 aliphatic carbocycles. The summed E-state index contributed by atoms with van der Waals surface area (Å²) in [5.41, 5.74) is 0. The Kier molecular flexibility index (Phi) is 4.97. The molecule has 0 aromatic carbocycles. The van der Waals surface area contributed by atoms with Gasteiger partial charge in [0.15, 0.2) is 0 Å². The lowest BCUT2D eigenvalue weighted by atomic mass is 9.77. The van der Waals surface area contributed by atoms with Gasteiger partial charge in [0.05, 0.1) is 5.75 Å². The van der Waals surface area contributed by atoms with Crippen molar-refractivity contribution < 1.29 is 9.90 Å². The van der Waals surface area contributed by atoms with E-state index in [-0.39, 0.29) is 5.75 Å². The van der Waals surface area contributed by atoms with E-state index in [9.17, 15) is 4.79 Å². The molecule has 1 N–H and O–H groups in total. The number of carboxylic acids is 1. The molecule has 0 spiro atoms. The van der Waals surface area contributed by atoms with Crippen molar-refractivity contribution in [2.45, 2.75) is 45.3 Å². The van der Waals surface area contributed by atoms with Gasteiger partial charge in [-0.3, -0.25) is 4.79 Å². The van der Waals surface area contributed by atoms with Gasteiger partial charge in [0.2, 0.25) is 0 Å². The van der Waals surface area contributed by atoms with Crippen LogP contribution in [0.3, 0.4) is 0 Å². The second-order valence-corrected chi connectivity index (χ2v) is 6.30. The Labute approximate surface area is 96.8 Å². The van der Waals surface area contributed by atoms with Crippen LogP contribution in [-0.4, -0.2) is 22.1 Å². The molecule has 2 nitrogen and oxygen atoms in total. The Morgan fingerprint density at radius 2 is 2.13 bits per heavy atom. The van der Waals surface area contributed by atoms with Crippen LogP contribution in [-0.2, 0) is 4.79 Å². The van der Waals surface area contributed by atoms with Crippen molar-refractivity contribution in [3.63, 3.8) is 0 Å². The first-order valence-electron chi connectivity index (χ1n) is 5.84. The summed E-state index contributed by atoms with van der Waals surface area (Å²) in [5, 5.41) is 9.27. The van der Waals surface area contributed by atoms with Gasteiger partial charge in [-0.15, -0.1) is 11.8 Å². The highest BCUT2D eigenvalue weighted by atomic mass is 32.2. The molecule has 1 aliphatic rings. The second kappa shape index (κ2) is 5.78. The van der Waals surface area contributed by atoms with E-state index >= 15 is 0 Å². The Bertz CT molecular complexity index is 216. The number of thioether (sulfide) groups is 1. The van der Waals surface area contributed by atoms with Crippen LogP contribution in [0.2, 0.25) is 0 Å². The minimum atomic E-state index is -0.680. The SMILES string of the molecule is CC(C)[C@@H]1CC[C@@H](C)C[C@@H]1SCC(=O)O. The lowest BCUT2D eigenvalue weighted by Crippen LogP contribution is -2.30. The van der Waals surface area contributed by atoms with Gasteiger partial charge in [-0.25, -0.2) is 0 Å². The molecule has 0 unspecified atom stereocenters. The molecule has 3 heteroatoms. The number of rotatable bonds is 4. The first-order chi connectivity index (χ1) is 7.00. The van der Waals surface area contributed by atoms with Crippen molar-refractivity contribution in [1.29, 1.82) is 0 Å². The molecule has 0 amide bonds. The molecule has 0 saturated heterocycles. The quantitative estimate of drug-likeness (QED) is 0.805. The molecular weight excluding hydrogens is 208 g/mol. The van der Waals surface area contributed by atoms with Crippen molar-refractivity contribution >= 4 is 17.7 Å². The van der Waals surface area contributed by atoms with Gasteiger partial charge in [-0.05, 0) is 30.6 Å². The topological polar surface area (TPSA) is 37.3 Å². The third kappa shape index (κ3) is 4.06. The number of hydrogen-bond donors (Lipinski definition) is 1. The molecule has 15 heavy (non-hydrogen) atoms. The highest BCUT2D eigenvalue weighted by molar-refractivity contribution is 8.00. The number of carbonyl (C=O) groups is 1. The van der Waals surface area contributed by atoms with E-state index in [4.69, 9.17) is 5.11 Å². The minimum Gasteiger partial charge on any atom is -0.481 e. The first-order valence-corrected chi connectivity index (χ1v) is 6.89. The van der Waals surface area contributed by atoms with E-state index in [1.165, 1.54) is 19.3 Å². The van der Waals surface area contributed by atoms with E-state index < -0.39 is 5.97 Å². The maximum absolute atomic E-state index is 10.6. The predicted molar refractivity (Wildman–Crippen MR) is 65.2 cm³/mol. The van der Waals surface area contributed by atoms with Gasteiger partial charge < -0.3 is 5.11 Å². The van der Waals surface area contributed by atoms with Crippen LogP contribution in [0, 0.1) is 17.8 Å². The Morgan fingerprint density at radius 3 is 2.67 bits per heavy atom. The van der Waals surface area contributed by atoms with E-state index in [1.54, 1.807) is 11.8 Å². The van der Waals surface area contributed by atoms with Crippen LogP contribution in [0.1, 0.15) is 40.0 Å². The van der Waals surface area contributed by atoms with Crippen molar-refractivity contribution in [1.82, 2.24) is 0 Å². The van der Waals surface area contributed by atoms with E-state index in [0.717, 1.165) is 5.92 Å². The summed E-state index contributed by atoms with van der Waals surface area (Å²) in [6, 6.07) is 0. The molecule has 0 bridgehead atoms. The van der Waals surface area contributed by atoms with E-state index in [2.05, 4.69) is 20.8 Å². The molecule has 1 fully saturated rings. The van der Waals surface area contributed by atoms with Crippen molar-refractivity contribution in [2.75, 3.05) is 5.75 Å². The van der Waals surface area contributed by atoms with Gasteiger partial charge in [0.1, 0.15) is 0 Å². The molecule has 1 rings (SSSR count). The van der Waals surface area contributed by atoms with Gasteiger partial charge >= 0.3 is 5.97 Å². The molecule has 0 heterocycles. The third-order valence-corrected chi connectivity index (χ3v) is 4.77. The van der Waals surface area contributed by atoms with Crippen LogP contribution in [0.4, 0.5) is 0 Å². The molecule has 0 aromatic heterocycles. The number of carboxylic acid groups (broad SMARTS) is 1. The van der Waals surface area contributed by atoms with Crippen molar-refractivity contribution in [3.8, 4) is 0 Å². The van der Waals surface area contributed by atoms with Gasteiger partial charge in [-0.2, -0.15) is 0 Å². The van der Waals surface area contributed by atoms with Crippen molar-refractivity contribution in [2.24, 2.45) is 17.8 Å². The molecule has 0 aromatic rings. The fourth-order valence-electron chi connectivity index (χ4n) is 2.48. The zero-order valence-electron chi connectivity index (χ0n) is 9.90. The fourth-order valence-corrected chi connectivity index (χ4v) is 4.00. The summed E-state index contributed by atoms with van der Waals surface area (Å²) >= 11 is 1.65. The molecule has 3 atom stereocenters. The number of hydrogen-bond acceptors (Lipinski definition) is 2. The monoisotopic (exact) mass is 230 g/mol. The molecular formula is C12H22O2S. The van der Waals surface area contributed by atoms with Crippen LogP contribution < -0.4 is 0 Å². The van der Waals surface area contributed by atoms with Gasteiger partial charge in [0, 0.05) is 5.25 Å². The lowest BCUT2D eigenvalue weighted by Gasteiger charge is -2.36. The average Bonchev–Trinajstić information content (AvgIpc) is 2.14. The Balaban J connectivity index is 2.50. The Hall–Kier alpha value is -0.180. The minimum absolute atomic E-state index is 0.264.